The highest BCUT2D eigenvalue weighted by Crippen LogP contribution is 2.48. The van der Waals surface area contributed by atoms with Gasteiger partial charge in [-0.25, -0.2) is 0 Å². The molecule has 2 aliphatic heterocycles. The smallest absolute Gasteiger partial charge is 0.261 e. The van der Waals surface area contributed by atoms with E-state index in [1.165, 1.54) is 16.8 Å². The van der Waals surface area contributed by atoms with Gasteiger partial charge in [0.1, 0.15) is 0 Å². The van der Waals surface area contributed by atoms with Gasteiger partial charge >= 0.3 is 0 Å². The average molecular weight is 561 g/mol. The normalized spacial score (nSPS) is 15.0. The Kier molecular flexibility index (Phi) is 6.06. The number of aliphatic hydroxyl groups is 1. The summed E-state index contributed by atoms with van der Waals surface area (Å²) in [4.78, 5) is 56.5. The summed E-state index contributed by atoms with van der Waals surface area (Å²) in [5.74, 6) is -1.15. The zero-order valence-electron chi connectivity index (χ0n) is 24.1. The summed E-state index contributed by atoms with van der Waals surface area (Å²) >= 11 is 0. The fourth-order valence-corrected chi connectivity index (χ4v) is 7.33. The number of carbonyl (C=O) groups excluding carboxylic acids is 4. The second kappa shape index (κ2) is 9.60. The average Bonchev–Trinajstić information content (AvgIpc) is 2.98. The molecule has 212 valence electrons. The lowest BCUT2D eigenvalue weighted by Gasteiger charge is -2.30. The highest BCUT2D eigenvalue weighted by atomic mass is 16.3. The zero-order chi connectivity index (χ0) is 29.4. The molecule has 0 saturated carbocycles. The third-order valence-corrected chi connectivity index (χ3v) is 9.31. The van der Waals surface area contributed by atoms with Crippen molar-refractivity contribution in [2.45, 2.75) is 52.4 Å². The number of hydrogen-bond donors (Lipinski definition) is 1. The van der Waals surface area contributed by atoms with Crippen LogP contribution in [-0.4, -0.2) is 58.7 Å². The van der Waals surface area contributed by atoms with E-state index >= 15 is 0 Å². The number of fused-ring (bicyclic) bond motifs is 2. The summed E-state index contributed by atoms with van der Waals surface area (Å²) in [5, 5.41) is 15.8. The summed E-state index contributed by atoms with van der Waals surface area (Å²) in [6.07, 6.45) is 5.50. The number of hydrogen-bond acceptors (Lipinski definition) is 5. The van der Waals surface area contributed by atoms with Crippen LogP contribution in [0.15, 0.2) is 36.4 Å². The first-order valence-electron chi connectivity index (χ1n) is 14.8. The summed E-state index contributed by atoms with van der Waals surface area (Å²) in [7, 11) is 1.51. The first-order chi connectivity index (χ1) is 20.3. The van der Waals surface area contributed by atoms with Crippen LogP contribution in [0.5, 0.6) is 0 Å². The van der Waals surface area contributed by atoms with Crippen molar-refractivity contribution < 1.29 is 24.3 Å². The van der Waals surface area contributed by atoms with Gasteiger partial charge in [0.05, 0.1) is 0 Å². The molecule has 0 atom stereocenters. The third-order valence-electron chi connectivity index (χ3n) is 9.31. The van der Waals surface area contributed by atoms with Gasteiger partial charge in [0.2, 0.25) is 0 Å². The number of carbonyl (C=O) groups is 4. The van der Waals surface area contributed by atoms with Gasteiger partial charge in [0, 0.05) is 53.2 Å². The summed E-state index contributed by atoms with van der Waals surface area (Å²) in [5.41, 5.74) is 3.93. The fourth-order valence-electron chi connectivity index (χ4n) is 7.33. The van der Waals surface area contributed by atoms with Gasteiger partial charge in [-0.3, -0.25) is 29.0 Å². The van der Waals surface area contributed by atoms with Crippen molar-refractivity contribution in [3.63, 3.8) is 0 Å². The Labute approximate surface area is 243 Å². The number of nitrogens with zero attached hydrogens (tertiary/aromatic N) is 2. The summed E-state index contributed by atoms with van der Waals surface area (Å²) in [6, 6.07) is 11.3. The minimum absolute atomic E-state index is 0.212. The first kappa shape index (κ1) is 26.5. The maximum atomic E-state index is 13.8. The van der Waals surface area contributed by atoms with Gasteiger partial charge in [-0.15, -0.1) is 0 Å². The Bertz CT molecular complexity index is 2020. The molecular formula is C35H32N2O5. The largest absolute Gasteiger partial charge is 0.396 e. The molecule has 5 aromatic rings. The molecule has 2 heterocycles. The van der Waals surface area contributed by atoms with Crippen LogP contribution in [0.25, 0.3) is 43.1 Å². The summed E-state index contributed by atoms with van der Waals surface area (Å²) in [6.45, 7) is 4.55. The summed E-state index contributed by atoms with van der Waals surface area (Å²) < 4.78 is 0. The minimum Gasteiger partial charge on any atom is -0.396 e. The fraction of sp³-hybridized carbons (Fsp3) is 0.314. The van der Waals surface area contributed by atoms with E-state index in [0.29, 0.717) is 39.6 Å². The Hall–Kier alpha value is -4.36. The molecule has 42 heavy (non-hydrogen) atoms. The molecule has 5 aromatic carbocycles. The molecular weight excluding hydrogens is 528 g/mol. The van der Waals surface area contributed by atoms with Gasteiger partial charge in [0.25, 0.3) is 23.6 Å². The van der Waals surface area contributed by atoms with E-state index < -0.39 is 0 Å². The number of imide groups is 2. The van der Waals surface area contributed by atoms with Crippen LogP contribution in [0, 0.1) is 13.8 Å². The Balaban J connectivity index is 1.42. The Morgan fingerprint density at radius 1 is 0.548 bits per heavy atom. The Morgan fingerprint density at radius 3 is 1.57 bits per heavy atom. The van der Waals surface area contributed by atoms with Crippen LogP contribution in [0.1, 0.15) is 91.1 Å². The molecule has 7 rings (SSSR count). The van der Waals surface area contributed by atoms with Crippen LogP contribution in [0.2, 0.25) is 0 Å². The van der Waals surface area contributed by atoms with Crippen LogP contribution in [0.4, 0.5) is 0 Å². The van der Waals surface area contributed by atoms with E-state index in [0.717, 1.165) is 82.0 Å². The molecule has 2 aliphatic rings. The molecule has 0 aromatic heterocycles. The minimum atomic E-state index is -0.317. The molecule has 0 saturated heterocycles. The van der Waals surface area contributed by atoms with Gasteiger partial charge in [-0.2, -0.15) is 0 Å². The maximum Gasteiger partial charge on any atom is 0.261 e. The lowest BCUT2D eigenvalue weighted by molar-refractivity contribution is 0.0602. The lowest BCUT2D eigenvalue weighted by atomic mass is 9.79. The molecule has 7 heteroatoms. The predicted octanol–water partition coefficient (Wildman–Crippen LogP) is 6.51. The second-order valence-corrected chi connectivity index (χ2v) is 11.8. The van der Waals surface area contributed by atoms with E-state index in [2.05, 4.69) is 0 Å². The van der Waals surface area contributed by atoms with E-state index in [1.54, 1.807) is 6.07 Å². The molecule has 0 aliphatic carbocycles. The molecule has 0 unspecified atom stereocenters. The van der Waals surface area contributed by atoms with Gasteiger partial charge < -0.3 is 5.11 Å². The van der Waals surface area contributed by atoms with Crippen molar-refractivity contribution in [2.24, 2.45) is 0 Å². The number of unbranched alkanes of at least 4 members (excludes halogenated alkanes) is 5. The third kappa shape index (κ3) is 3.49. The van der Waals surface area contributed by atoms with Crippen molar-refractivity contribution in [1.29, 1.82) is 0 Å². The van der Waals surface area contributed by atoms with Crippen LogP contribution in [-0.2, 0) is 0 Å². The van der Waals surface area contributed by atoms with Crippen molar-refractivity contribution in [3.05, 3.63) is 69.8 Å². The highest BCUT2D eigenvalue weighted by Gasteiger charge is 2.36. The molecule has 0 radical (unpaired) electrons. The van der Waals surface area contributed by atoms with Gasteiger partial charge in [-0.1, -0.05) is 37.8 Å². The SMILES string of the molecule is Cc1cc2c3c(ccc4c5c(C)cc6c7c(ccc(c1c34)c75)C(=O)N(CCCCCCCCO)C6=O)C(=O)N(C)C2=O. The lowest BCUT2D eigenvalue weighted by Crippen LogP contribution is -2.41. The predicted molar refractivity (Wildman–Crippen MR) is 164 cm³/mol. The van der Waals surface area contributed by atoms with E-state index in [4.69, 9.17) is 5.11 Å². The number of amides is 4. The van der Waals surface area contributed by atoms with Crippen LogP contribution >= 0.6 is 0 Å². The van der Waals surface area contributed by atoms with Crippen LogP contribution in [0.3, 0.4) is 0 Å². The van der Waals surface area contributed by atoms with Crippen molar-refractivity contribution in [2.75, 3.05) is 20.2 Å². The molecule has 0 fully saturated rings. The zero-order valence-corrected chi connectivity index (χ0v) is 24.1. The monoisotopic (exact) mass is 560 g/mol. The number of benzene rings is 5. The quantitative estimate of drug-likeness (QED) is 0.101. The van der Waals surface area contributed by atoms with Gasteiger partial charge in [0.15, 0.2) is 0 Å². The molecule has 0 spiro atoms. The molecule has 4 amide bonds. The Morgan fingerprint density at radius 2 is 1.00 bits per heavy atom. The topological polar surface area (TPSA) is 95.0 Å². The first-order valence-corrected chi connectivity index (χ1v) is 14.8. The van der Waals surface area contributed by atoms with E-state index in [1.807, 2.05) is 44.2 Å². The van der Waals surface area contributed by atoms with E-state index in [-0.39, 0.29) is 30.2 Å². The van der Waals surface area contributed by atoms with Crippen molar-refractivity contribution >= 4 is 66.7 Å². The number of aryl methyl sites for hydroxylation is 2. The standard InChI is InChI=1S/C35H32N2O5/c1-18-16-24-28-22(32(39)36(3)33(24)40)12-10-20-27-19(2)17-25-29-23(13-11-21(31(27)29)26(18)30(20)28)34(41)37(35(25)42)14-8-6-4-5-7-9-15-38/h10-13,16-17,38H,4-9,14-15H2,1-3H3. The molecule has 0 bridgehead atoms. The highest BCUT2D eigenvalue weighted by molar-refractivity contribution is 6.42. The van der Waals surface area contributed by atoms with Gasteiger partial charge in [-0.05, 0) is 94.4 Å². The van der Waals surface area contributed by atoms with Crippen LogP contribution < -0.4 is 0 Å². The number of rotatable bonds is 8. The second-order valence-electron chi connectivity index (χ2n) is 11.8. The maximum absolute atomic E-state index is 13.8. The van der Waals surface area contributed by atoms with Crippen molar-refractivity contribution in [3.8, 4) is 0 Å². The number of aliphatic hydroxyl groups excluding tert-OH is 1. The van der Waals surface area contributed by atoms with E-state index in [9.17, 15) is 19.2 Å². The van der Waals surface area contributed by atoms with Crippen molar-refractivity contribution in [1.82, 2.24) is 9.80 Å². The molecule has 7 nitrogen and oxygen atoms in total. The molecule has 1 N–H and O–H groups in total.